The SMILES string of the molecule is CCCCC/C=C/C/C=C/CCCCCCCCCC(=O)O[C@H](COC(=O)CCCCCCCCCCCCC/C=C/CCCCCCCC)COP(=O)([O-])OCC[N+](C)(C)C. The molecular weight excluding hydrogens is 798 g/mol. The Morgan fingerprint density at radius 3 is 1.32 bits per heavy atom. The summed E-state index contributed by atoms with van der Waals surface area (Å²) in [5.74, 6) is -0.837. The van der Waals surface area contributed by atoms with Crippen LogP contribution < -0.4 is 4.89 Å². The zero-order valence-corrected chi connectivity index (χ0v) is 42.0. The van der Waals surface area contributed by atoms with Crippen LogP contribution in [0.2, 0.25) is 0 Å². The minimum Gasteiger partial charge on any atom is -0.756 e. The average molecular weight is 896 g/mol. The first-order valence-electron chi connectivity index (χ1n) is 25.7. The molecule has 9 nitrogen and oxygen atoms in total. The van der Waals surface area contributed by atoms with Gasteiger partial charge in [0.2, 0.25) is 0 Å². The summed E-state index contributed by atoms with van der Waals surface area (Å²) in [6.45, 7) is 4.22. The number of carbonyl (C=O) groups is 2. The van der Waals surface area contributed by atoms with Crippen LogP contribution in [0.15, 0.2) is 36.5 Å². The van der Waals surface area contributed by atoms with Crippen molar-refractivity contribution in [3.63, 3.8) is 0 Å². The van der Waals surface area contributed by atoms with E-state index in [0.717, 1.165) is 51.4 Å². The third-order valence-electron chi connectivity index (χ3n) is 11.1. The molecule has 0 radical (unpaired) electrons. The van der Waals surface area contributed by atoms with Gasteiger partial charge in [0.25, 0.3) is 7.82 Å². The number of unbranched alkanes of at least 4 members (excludes halogenated alkanes) is 27. The second-order valence-electron chi connectivity index (χ2n) is 18.5. The Kier molecular flexibility index (Phi) is 43.2. The zero-order chi connectivity index (χ0) is 45.7. The first-order chi connectivity index (χ1) is 30.0. The van der Waals surface area contributed by atoms with Gasteiger partial charge in [-0.15, -0.1) is 0 Å². The van der Waals surface area contributed by atoms with E-state index in [1.54, 1.807) is 0 Å². The molecule has 0 saturated heterocycles. The van der Waals surface area contributed by atoms with Crippen molar-refractivity contribution in [2.24, 2.45) is 0 Å². The van der Waals surface area contributed by atoms with Gasteiger partial charge in [-0.1, -0.05) is 185 Å². The van der Waals surface area contributed by atoms with Crippen LogP contribution in [0.5, 0.6) is 0 Å². The molecule has 0 rings (SSSR count). The number of allylic oxidation sites excluding steroid dienone is 6. The lowest BCUT2D eigenvalue weighted by atomic mass is 10.0. The average Bonchev–Trinajstić information content (AvgIpc) is 3.23. The number of likely N-dealkylation sites (N-methyl/N-ethyl adjacent to an activating group) is 1. The second kappa shape index (κ2) is 44.4. The van der Waals surface area contributed by atoms with E-state index >= 15 is 0 Å². The van der Waals surface area contributed by atoms with Gasteiger partial charge in [0.1, 0.15) is 19.8 Å². The van der Waals surface area contributed by atoms with Crippen molar-refractivity contribution in [3.8, 4) is 0 Å². The molecule has 0 aliphatic heterocycles. The highest BCUT2D eigenvalue weighted by Gasteiger charge is 2.21. The number of phosphoric ester groups is 1. The Bertz CT molecular complexity index is 1150. The molecule has 0 aromatic rings. The molecule has 0 aliphatic carbocycles. The summed E-state index contributed by atoms with van der Waals surface area (Å²) in [5, 5.41) is 0. The van der Waals surface area contributed by atoms with E-state index in [4.69, 9.17) is 18.5 Å². The van der Waals surface area contributed by atoms with Crippen LogP contribution in [-0.2, 0) is 32.7 Å². The lowest BCUT2D eigenvalue weighted by Crippen LogP contribution is -2.37. The van der Waals surface area contributed by atoms with Crippen molar-refractivity contribution < 1.29 is 42.1 Å². The maximum absolute atomic E-state index is 12.7. The summed E-state index contributed by atoms with van der Waals surface area (Å²) in [6, 6.07) is 0. The summed E-state index contributed by atoms with van der Waals surface area (Å²) in [5.41, 5.74) is 0. The van der Waals surface area contributed by atoms with Crippen LogP contribution in [0, 0.1) is 0 Å². The molecule has 0 aliphatic rings. The lowest BCUT2D eigenvalue weighted by Gasteiger charge is -2.28. The summed E-state index contributed by atoms with van der Waals surface area (Å²) in [4.78, 5) is 37.7. The van der Waals surface area contributed by atoms with Crippen molar-refractivity contribution in [3.05, 3.63) is 36.5 Å². The molecule has 0 N–H and O–H groups in total. The van der Waals surface area contributed by atoms with Gasteiger partial charge in [-0.2, -0.15) is 0 Å². The van der Waals surface area contributed by atoms with Gasteiger partial charge < -0.3 is 27.9 Å². The first-order valence-corrected chi connectivity index (χ1v) is 27.2. The molecule has 2 atom stereocenters. The van der Waals surface area contributed by atoms with E-state index in [-0.39, 0.29) is 32.0 Å². The van der Waals surface area contributed by atoms with Crippen molar-refractivity contribution in [1.82, 2.24) is 0 Å². The van der Waals surface area contributed by atoms with Crippen molar-refractivity contribution >= 4 is 19.8 Å². The van der Waals surface area contributed by atoms with Gasteiger partial charge in [0.05, 0.1) is 27.7 Å². The van der Waals surface area contributed by atoms with Crippen molar-refractivity contribution in [2.75, 3.05) is 47.5 Å². The Morgan fingerprint density at radius 2 is 0.871 bits per heavy atom. The van der Waals surface area contributed by atoms with Crippen molar-refractivity contribution in [2.45, 2.75) is 238 Å². The third kappa shape index (κ3) is 47.7. The largest absolute Gasteiger partial charge is 0.756 e. The van der Waals surface area contributed by atoms with E-state index in [1.807, 2.05) is 21.1 Å². The van der Waals surface area contributed by atoms with Crippen LogP contribution in [0.25, 0.3) is 0 Å². The molecule has 0 amide bonds. The summed E-state index contributed by atoms with van der Waals surface area (Å²) >= 11 is 0. The van der Waals surface area contributed by atoms with Crippen LogP contribution in [0.3, 0.4) is 0 Å². The van der Waals surface area contributed by atoms with Crippen LogP contribution in [0.1, 0.15) is 232 Å². The van der Waals surface area contributed by atoms with Gasteiger partial charge >= 0.3 is 11.9 Å². The number of hydrogen-bond donors (Lipinski definition) is 0. The molecule has 0 spiro atoms. The van der Waals surface area contributed by atoms with Crippen molar-refractivity contribution in [1.29, 1.82) is 0 Å². The fourth-order valence-electron chi connectivity index (χ4n) is 7.09. The molecule has 0 aromatic carbocycles. The molecule has 0 saturated carbocycles. The summed E-state index contributed by atoms with van der Waals surface area (Å²) in [7, 11) is 1.16. The molecule has 10 heteroatoms. The van der Waals surface area contributed by atoms with Crippen LogP contribution >= 0.6 is 7.82 Å². The molecule has 0 heterocycles. The summed E-state index contributed by atoms with van der Waals surface area (Å²) in [6.07, 6.45) is 51.7. The monoisotopic (exact) mass is 896 g/mol. The van der Waals surface area contributed by atoms with E-state index in [2.05, 4.69) is 50.3 Å². The predicted octanol–water partition coefficient (Wildman–Crippen LogP) is 14.6. The predicted molar refractivity (Wildman–Crippen MR) is 259 cm³/mol. The van der Waals surface area contributed by atoms with E-state index in [9.17, 15) is 19.0 Å². The third-order valence-corrected chi connectivity index (χ3v) is 12.1. The topological polar surface area (TPSA) is 111 Å². The molecule has 1 unspecified atom stereocenters. The van der Waals surface area contributed by atoms with Gasteiger partial charge in [-0.3, -0.25) is 14.2 Å². The van der Waals surface area contributed by atoms with E-state index in [0.29, 0.717) is 17.4 Å². The highest BCUT2D eigenvalue weighted by molar-refractivity contribution is 7.45. The molecule has 0 fully saturated rings. The number of phosphoric acid groups is 1. The number of carbonyl (C=O) groups excluding carboxylic acids is 2. The van der Waals surface area contributed by atoms with Gasteiger partial charge in [-0.05, 0) is 70.6 Å². The quantitative estimate of drug-likeness (QED) is 0.0195. The number of esters is 2. The normalized spacial score (nSPS) is 13.7. The van der Waals surface area contributed by atoms with Crippen LogP contribution in [-0.4, -0.2) is 70.0 Å². The van der Waals surface area contributed by atoms with E-state index < -0.39 is 26.5 Å². The minimum absolute atomic E-state index is 0.0322. The maximum Gasteiger partial charge on any atom is 0.306 e. The van der Waals surface area contributed by atoms with Gasteiger partial charge in [0, 0.05) is 12.8 Å². The van der Waals surface area contributed by atoms with Gasteiger partial charge in [-0.25, -0.2) is 0 Å². The Labute approximate surface area is 382 Å². The molecular formula is C52H98NO8P. The molecule has 0 bridgehead atoms. The molecule has 62 heavy (non-hydrogen) atoms. The number of rotatable bonds is 47. The highest BCUT2D eigenvalue weighted by atomic mass is 31.2. The van der Waals surface area contributed by atoms with E-state index in [1.165, 1.54) is 148 Å². The van der Waals surface area contributed by atoms with Gasteiger partial charge in [0.15, 0.2) is 6.10 Å². The lowest BCUT2D eigenvalue weighted by molar-refractivity contribution is -0.870. The molecule has 0 aromatic heterocycles. The second-order valence-corrected chi connectivity index (χ2v) is 19.9. The standard InChI is InChI=1S/C52H98NO8P/c1-6-8-10-12-14-16-18-20-22-24-25-26-27-29-30-32-34-36-38-40-42-44-51(54)58-48-50(49-60-62(56,57)59-47-46-53(3,4)5)61-52(55)45-43-41-39-37-35-33-31-28-23-21-19-17-15-13-11-9-7-2/h15,17,20-23,50H,6-14,16,18-19,24-49H2,1-5H3/b17-15+,22-20+,23-21+/t50-/m1/s1. The number of ether oxygens (including phenoxy) is 2. The fraction of sp³-hybridized carbons (Fsp3) is 0.846. The van der Waals surface area contributed by atoms with Crippen LogP contribution in [0.4, 0.5) is 0 Å². The first kappa shape index (κ1) is 60.2. The maximum atomic E-state index is 12.7. The number of hydrogen-bond acceptors (Lipinski definition) is 8. The zero-order valence-electron chi connectivity index (χ0n) is 41.1. The highest BCUT2D eigenvalue weighted by Crippen LogP contribution is 2.38. The smallest absolute Gasteiger partial charge is 0.306 e. The Balaban J connectivity index is 4.24. The molecule has 364 valence electrons. The summed E-state index contributed by atoms with van der Waals surface area (Å²) < 4.78 is 34.0. The fourth-order valence-corrected chi connectivity index (χ4v) is 7.82. The Morgan fingerprint density at radius 1 is 0.500 bits per heavy atom. The minimum atomic E-state index is -4.63. The Hall–Kier alpha value is -1.77. The number of quaternary nitrogens is 1. The number of nitrogens with zero attached hydrogens (tertiary/aromatic N) is 1.